The van der Waals surface area contributed by atoms with Crippen molar-refractivity contribution in [2.24, 2.45) is 0 Å². The summed E-state index contributed by atoms with van der Waals surface area (Å²) in [6.07, 6.45) is 0. The van der Waals surface area contributed by atoms with Crippen molar-refractivity contribution < 1.29 is 5.11 Å². The number of nitriles is 2. The number of hydrogen-bond donors (Lipinski definition) is 1. The van der Waals surface area contributed by atoms with Crippen LogP contribution in [0.25, 0.3) is 0 Å². The molecule has 0 amide bonds. The van der Waals surface area contributed by atoms with E-state index in [4.69, 9.17) is 15.6 Å². The minimum atomic E-state index is 0. The maximum absolute atomic E-state index is 7.59. The summed E-state index contributed by atoms with van der Waals surface area (Å²) in [5.41, 5.74) is 0. The maximum Gasteiger partial charge on any atom is 0.122 e. The van der Waals surface area contributed by atoms with Crippen molar-refractivity contribution in [2.75, 3.05) is 7.11 Å². The van der Waals surface area contributed by atoms with Crippen LogP contribution in [-0.4, -0.2) is 12.2 Å². The molecule has 0 spiro atoms. The third kappa shape index (κ3) is 48.3. The number of hydrogen-bond acceptors (Lipinski definition) is 3. The summed E-state index contributed by atoms with van der Waals surface area (Å²) in [7, 11) is 1.00. The SMILES string of the molecule is CO.N#CCC#N. The predicted molar refractivity (Wildman–Crippen MR) is 24.0 cm³/mol. The second-order valence-electron chi connectivity index (χ2n) is 0.493. The molecule has 0 saturated carbocycles. The molecular weight excluding hydrogens is 92.1 g/mol. The summed E-state index contributed by atoms with van der Waals surface area (Å²) < 4.78 is 0. The Morgan fingerprint density at radius 3 is 1.57 bits per heavy atom. The molecule has 0 aromatic carbocycles. The van der Waals surface area contributed by atoms with Crippen LogP contribution in [0.15, 0.2) is 0 Å². The Bertz CT molecular complexity index is 74.8. The van der Waals surface area contributed by atoms with Crippen LogP contribution in [0.1, 0.15) is 6.42 Å². The molecule has 0 bridgehead atoms. The summed E-state index contributed by atoms with van der Waals surface area (Å²) >= 11 is 0. The summed E-state index contributed by atoms with van der Waals surface area (Å²) in [5, 5.41) is 22.2. The first-order valence-corrected chi connectivity index (χ1v) is 1.60. The van der Waals surface area contributed by atoms with E-state index in [9.17, 15) is 0 Å². The Morgan fingerprint density at radius 2 is 1.57 bits per heavy atom. The molecule has 0 unspecified atom stereocenters. The summed E-state index contributed by atoms with van der Waals surface area (Å²) in [6.45, 7) is 0. The number of aliphatic hydroxyl groups excluding tert-OH is 1. The summed E-state index contributed by atoms with van der Waals surface area (Å²) in [5.74, 6) is 0. The molecule has 7 heavy (non-hydrogen) atoms. The highest BCUT2D eigenvalue weighted by Crippen LogP contribution is 1.59. The molecule has 0 fully saturated rings. The quantitative estimate of drug-likeness (QED) is 0.464. The molecule has 0 atom stereocenters. The van der Waals surface area contributed by atoms with Crippen LogP contribution in [0.5, 0.6) is 0 Å². The van der Waals surface area contributed by atoms with Gasteiger partial charge >= 0.3 is 0 Å². The fraction of sp³-hybridized carbons (Fsp3) is 0.500. The van der Waals surface area contributed by atoms with E-state index in [0.29, 0.717) is 0 Å². The molecule has 3 heteroatoms. The van der Waals surface area contributed by atoms with Crippen molar-refractivity contribution in [3.05, 3.63) is 0 Å². The lowest BCUT2D eigenvalue weighted by Gasteiger charge is -1.45. The van der Waals surface area contributed by atoms with Gasteiger partial charge in [0.15, 0.2) is 0 Å². The molecule has 38 valence electrons. The predicted octanol–water partition coefficient (Wildman–Crippen LogP) is 0.0322. The minimum absolute atomic E-state index is 0. The Labute approximate surface area is 42.4 Å². The molecule has 0 radical (unpaired) electrons. The van der Waals surface area contributed by atoms with Gasteiger partial charge in [-0.2, -0.15) is 10.5 Å². The lowest BCUT2D eigenvalue weighted by atomic mass is 10.5. The average molecular weight is 98.1 g/mol. The topological polar surface area (TPSA) is 67.8 Å². The van der Waals surface area contributed by atoms with E-state index >= 15 is 0 Å². The third-order valence-electron chi connectivity index (χ3n) is 0.158. The smallest absolute Gasteiger partial charge is 0.122 e. The fourth-order valence-corrected chi connectivity index (χ4v) is 0.0354. The summed E-state index contributed by atoms with van der Waals surface area (Å²) in [6, 6.07) is 3.31. The Balaban J connectivity index is 0. The first kappa shape index (κ1) is 9.34. The molecule has 0 heterocycles. The Hall–Kier alpha value is -1.06. The zero-order valence-electron chi connectivity index (χ0n) is 4.05. The zero-order chi connectivity index (χ0) is 6.12. The second-order valence-corrected chi connectivity index (χ2v) is 0.493. The third-order valence-corrected chi connectivity index (χ3v) is 0.158. The van der Waals surface area contributed by atoms with Crippen LogP contribution in [0.4, 0.5) is 0 Å². The first-order valence-electron chi connectivity index (χ1n) is 1.60. The average Bonchev–Trinajstić information content (AvgIpc) is 1.75. The van der Waals surface area contributed by atoms with Gasteiger partial charge in [0.05, 0.1) is 12.1 Å². The van der Waals surface area contributed by atoms with Crippen LogP contribution >= 0.6 is 0 Å². The number of nitrogens with zero attached hydrogens (tertiary/aromatic N) is 2. The van der Waals surface area contributed by atoms with Crippen molar-refractivity contribution in [1.82, 2.24) is 0 Å². The van der Waals surface area contributed by atoms with Crippen LogP contribution in [0, 0.1) is 22.7 Å². The number of rotatable bonds is 0. The van der Waals surface area contributed by atoms with Gasteiger partial charge in [0.25, 0.3) is 0 Å². The van der Waals surface area contributed by atoms with Gasteiger partial charge in [-0.25, -0.2) is 0 Å². The molecule has 0 aliphatic rings. The van der Waals surface area contributed by atoms with E-state index in [1.165, 1.54) is 0 Å². The molecule has 0 rings (SSSR count). The van der Waals surface area contributed by atoms with E-state index in [2.05, 4.69) is 0 Å². The summed E-state index contributed by atoms with van der Waals surface area (Å²) in [4.78, 5) is 0. The largest absolute Gasteiger partial charge is 0.400 e. The van der Waals surface area contributed by atoms with Gasteiger partial charge in [0.1, 0.15) is 6.42 Å². The first-order chi connectivity index (χ1) is 3.41. The molecule has 0 saturated heterocycles. The highest BCUT2D eigenvalue weighted by molar-refractivity contribution is 4.85. The van der Waals surface area contributed by atoms with Crippen LogP contribution in [0.3, 0.4) is 0 Å². The Morgan fingerprint density at radius 1 is 1.29 bits per heavy atom. The molecule has 0 aromatic rings. The van der Waals surface area contributed by atoms with E-state index in [0.717, 1.165) is 7.11 Å². The number of aliphatic hydroxyl groups is 1. The Kier molecular flexibility index (Phi) is 27.2. The molecular formula is C4H6N2O. The van der Waals surface area contributed by atoms with Gasteiger partial charge in [0.2, 0.25) is 0 Å². The molecule has 0 aliphatic heterocycles. The van der Waals surface area contributed by atoms with Gasteiger partial charge in [-0.15, -0.1) is 0 Å². The van der Waals surface area contributed by atoms with Crippen molar-refractivity contribution in [1.29, 1.82) is 10.5 Å². The zero-order valence-corrected chi connectivity index (χ0v) is 4.05. The van der Waals surface area contributed by atoms with Gasteiger partial charge in [0, 0.05) is 7.11 Å². The maximum atomic E-state index is 7.59. The minimum Gasteiger partial charge on any atom is -0.400 e. The highest BCUT2D eigenvalue weighted by Gasteiger charge is 1.61. The molecule has 1 N–H and O–H groups in total. The van der Waals surface area contributed by atoms with Crippen LogP contribution in [-0.2, 0) is 0 Å². The lowest BCUT2D eigenvalue weighted by molar-refractivity contribution is 0.399. The monoisotopic (exact) mass is 98.0 g/mol. The van der Waals surface area contributed by atoms with Gasteiger partial charge in [-0.3, -0.25) is 0 Å². The van der Waals surface area contributed by atoms with Crippen molar-refractivity contribution in [2.45, 2.75) is 6.42 Å². The van der Waals surface area contributed by atoms with Crippen molar-refractivity contribution >= 4 is 0 Å². The highest BCUT2D eigenvalue weighted by atomic mass is 16.2. The second kappa shape index (κ2) is 20.4. The van der Waals surface area contributed by atoms with Gasteiger partial charge in [-0.05, 0) is 0 Å². The lowest BCUT2D eigenvalue weighted by Crippen LogP contribution is -1.47. The molecule has 0 aliphatic carbocycles. The van der Waals surface area contributed by atoms with Crippen molar-refractivity contribution in [3.63, 3.8) is 0 Å². The van der Waals surface area contributed by atoms with E-state index in [1.54, 1.807) is 12.1 Å². The fourth-order valence-electron chi connectivity index (χ4n) is 0.0354. The van der Waals surface area contributed by atoms with E-state index in [-0.39, 0.29) is 6.42 Å². The molecule has 0 aromatic heterocycles. The van der Waals surface area contributed by atoms with E-state index in [1.807, 2.05) is 0 Å². The van der Waals surface area contributed by atoms with Gasteiger partial charge < -0.3 is 5.11 Å². The van der Waals surface area contributed by atoms with Crippen LogP contribution in [0.2, 0.25) is 0 Å². The van der Waals surface area contributed by atoms with Gasteiger partial charge in [-0.1, -0.05) is 0 Å². The van der Waals surface area contributed by atoms with E-state index < -0.39 is 0 Å². The van der Waals surface area contributed by atoms with Crippen molar-refractivity contribution in [3.8, 4) is 12.1 Å². The van der Waals surface area contributed by atoms with Crippen LogP contribution < -0.4 is 0 Å². The normalized spacial score (nSPS) is 4.00. The molecule has 3 nitrogen and oxygen atoms in total. The standard InChI is InChI=1S/C3H2N2.CH4O/c4-2-1-3-5;1-2/h1H2;2H,1H3.